The van der Waals surface area contributed by atoms with Gasteiger partial charge in [0.25, 0.3) is 5.56 Å². The first-order chi connectivity index (χ1) is 12.2. The molecule has 0 bridgehead atoms. The first-order valence-electron chi connectivity index (χ1n) is 7.89. The number of carbonyl (C=O) groups excluding carboxylic acids is 1. The third-order valence-electron chi connectivity index (χ3n) is 3.18. The Morgan fingerprint density at radius 1 is 1.27 bits per heavy atom. The van der Waals surface area contributed by atoms with Crippen LogP contribution in [0.3, 0.4) is 0 Å². The van der Waals surface area contributed by atoms with Crippen LogP contribution in [0.25, 0.3) is 0 Å². The van der Waals surface area contributed by atoms with Crippen molar-refractivity contribution in [3.05, 3.63) is 51.9 Å². The van der Waals surface area contributed by atoms with Gasteiger partial charge < -0.3 is 10.3 Å². The van der Waals surface area contributed by atoms with E-state index in [9.17, 15) is 18.4 Å². The van der Waals surface area contributed by atoms with Crippen molar-refractivity contribution in [1.82, 2.24) is 9.97 Å². The standard InChI is InChI=1S/C17H19F2N3O2S2/c1-9(2)25-8-12-7-15(23)22-17(20-12)26-10(3)16(24)21-14-6-11(18)4-5-13(14)19/h4-7,9-10H,8H2,1-3H3,(H,21,24)(H,20,22,23). The van der Waals surface area contributed by atoms with Gasteiger partial charge in [0.05, 0.1) is 16.6 Å². The van der Waals surface area contributed by atoms with Gasteiger partial charge in [-0.25, -0.2) is 13.8 Å². The SMILES string of the molecule is CC(C)SCc1cc(=O)[nH]c(SC(C)C(=O)Nc2cc(F)ccc2F)n1. The fourth-order valence-corrected chi connectivity index (χ4v) is 3.40. The molecule has 1 aromatic heterocycles. The minimum absolute atomic E-state index is 0.231. The van der Waals surface area contributed by atoms with Crippen LogP contribution in [0.15, 0.2) is 34.2 Å². The zero-order valence-electron chi connectivity index (χ0n) is 14.5. The summed E-state index contributed by atoms with van der Waals surface area (Å²) in [6.45, 7) is 5.68. The Labute approximate surface area is 158 Å². The lowest BCUT2D eigenvalue weighted by Crippen LogP contribution is -2.24. The predicted molar refractivity (Wildman–Crippen MR) is 102 cm³/mol. The van der Waals surface area contributed by atoms with Gasteiger partial charge in [-0.2, -0.15) is 11.8 Å². The molecule has 140 valence electrons. The van der Waals surface area contributed by atoms with Gasteiger partial charge in [0, 0.05) is 17.9 Å². The molecular weight excluding hydrogens is 380 g/mol. The van der Waals surface area contributed by atoms with Gasteiger partial charge in [0.15, 0.2) is 5.16 Å². The number of rotatable bonds is 7. The highest BCUT2D eigenvalue weighted by Gasteiger charge is 2.18. The summed E-state index contributed by atoms with van der Waals surface area (Å²) in [5.41, 5.74) is 0.0929. The van der Waals surface area contributed by atoms with E-state index in [-0.39, 0.29) is 11.2 Å². The maximum absolute atomic E-state index is 13.6. The molecule has 0 fully saturated rings. The normalized spacial score (nSPS) is 12.2. The van der Waals surface area contributed by atoms with E-state index >= 15 is 0 Å². The van der Waals surface area contributed by atoms with Crippen LogP contribution in [-0.2, 0) is 10.5 Å². The molecule has 0 saturated carbocycles. The van der Waals surface area contributed by atoms with Crippen LogP contribution < -0.4 is 10.9 Å². The Hall–Kier alpha value is -1.87. The number of benzene rings is 1. The minimum atomic E-state index is -0.726. The van der Waals surface area contributed by atoms with Crippen molar-refractivity contribution in [2.24, 2.45) is 0 Å². The van der Waals surface area contributed by atoms with Crippen molar-refractivity contribution in [2.75, 3.05) is 5.32 Å². The lowest BCUT2D eigenvalue weighted by molar-refractivity contribution is -0.115. The molecule has 0 radical (unpaired) electrons. The van der Waals surface area contributed by atoms with Crippen LogP contribution in [0, 0.1) is 11.6 Å². The quantitative estimate of drug-likeness (QED) is 0.547. The molecule has 1 atom stereocenters. The molecule has 1 amide bonds. The highest BCUT2D eigenvalue weighted by molar-refractivity contribution is 8.00. The summed E-state index contributed by atoms with van der Waals surface area (Å²) in [4.78, 5) is 30.9. The van der Waals surface area contributed by atoms with Gasteiger partial charge in [0.2, 0.25) is 5.91 Å². The van der Waals surface area contributed by atoms with E-state index < -0.39 is 22.8 Å². The summed E-state index contributed by atoms with van der Waals surface area (Å²) in [7, 11) is 0. The molecule has 1 aromatic carbocycles. The van der Waals surface area contributed by atoms with Crippen molar-refractivity contribution >= 4 is 35.1 Å². The van der Waals surface area contributed by atoms with Crippen LogP contribution in [-0.4, -0.2) is 26.4 Å². The van der Waals surface area contributed by atoms with E-state index in [1.54, 1.807) is 18.7 Å². The van der Waals surface area contributed by atoms with Crippen LogP contribution in [0.4, 0.5) is 14.5 Å². The number of aromatic nitrogens is 2. The lowest BCUT2D eigenvalue weighted by atomic mass is 10.3. The number of carbonyl (C=O) groups is 1. The molecule has 0 saturated heterocycles. The van der Waals surface area contributed by atoms with Crippen molar-refractivity contribution in [3.63, 3.8) is 0 Å². The average molecular weight is 399 g/mol. The fourth-order valence-electron chi connectivity index (χ4n) is 1.91. The van der Waals surface area contributed by atoms with E-state index in [0.717, 1.165) is 30.0 Å². The molecular formula is C17H19F2N3O2S2. The van der Waals surface area contributed by atoms with E-state index in [4.69, 9.17) is 0 Å². The second-order valence-corrected chi connectivity index (χ2v) is 8.67. The largest absolute Gasteiger partial charge is 0.323 e. The number of hydrogen-bond donors (Lipinski definition) is 2. The third-order valence-corrected chi connectivity index (χ3v) is 5.29. The van der Waals surface area contributed by atoms with E-state index in [1.165, 1.54) is 6.07 Å². The summed E-state index contributed by atoms with van der Waals surface area (Å²) < 4.78 is 26.8. The van der Waals surface area contributed by atoms with Gasteiger partial charge in [-0.1, -0.05) is 25.6 Å². The fraction of sp³-hybridized carbons (Fsp3) is 0.353. The Kier molecular flexibility index (Phi) is 7.22. The highest BCUT2D eigenvalue weighted by Crippen LogP contribution is 2.23. The number of nitrogens with zero attached hydrogens (tertiary/aromatic N) is 1. The number of halogens is 2. The van der Waals surface area contributed by atoms with Crippen LogP contribution in [0.5, 0.6) is 0 Å². The predicted octanol–water partition coefficient (Wildman–Crippen LogP) is 3.81. The average Bonchev–Trinajstić information content (AvgIpc) is 2.55. The first kappa shape index (κ1) is 20.4. The van der Waals surface area contributed by atoms with E-state index in [2.05, 4.69) is 15.3 Å². The Morgan fingerprint density at radius 3 is 2.69 bits per heavy atom. The summed E-state index contributed by atoms with van der Waals surface area (Å²) in [5, 5.41) is 2.38. The minimum Gasteiger partial charge on any atom is -0.323 e. The Bertz CT molecular complexity index is 843. The number of anilines is 1. The van der Waals surface area contributed by atoms with E-state index in [0.29, 0.717) is 21.9 Å². The molecule has 0 spiro atoms. The van der Waals surface area contributed by atoms with Gasteiger partial charge in [0.1, 0.15) is 11.6 Å². The highest BCUT2D eigenvalue weighted by atomic mass is 32.2. The van der Waals surface area contributed by atoms with E-state index in [1.807, 2.05) is 13.8 Å². The van der Waals surface area contributed by atoms with Crippen molar-refractivity contribution in [3.8, 4) is 0 Å². The number of thioether (sulfide) groups is 2. The molecule has 0 aliphatic carbocycles. The number of amides is 1. The van der Waals surface area contributed by atoms with Gasteiger partial charge >= 0.3 is 0 Å². The monoisotopic (exact) mass is 399 g/mol. The van der Waals surface area contributed by atoms with Gasteiger partial charge in [-0.3, -0.25) is 9.59 Å². The number of H-pyrrole nitrogens is 1. The summed E-state index contributed by atoms with van der Waals surface area (Å²) in [5.74, 6) is -1.31. The Morgan fingerprint density at radius 2 is 2.00 bits per heavy atom. The van der Waals surface area contributed by atoms with Crippen molar-refractivity contribution < 1.29 is 13.6 Å². The lowest BCUT2D eigenvalue weighted by Gasteiger charge is -2.12. The molecule has 1 unspecified atom stereocenters. The topological polar surface area (TPSA) is 74.8 Å². The van der Waals surface area contributed by atoms with Crippen LogP contribution in [0.1, 0.15) is 26.5 Å². The molecule has 0 aliphatic heterocycles. The summed E-state index contributed by atoms with van der Waals surface area (Å²) >= 11 is 2.69. The number of nitrogens with one attached hydrogen (secondary N) is 2. The molecule has 2 N–H and O–H groups in total. The molecule has 0 aliphatic rings. The number of aromatic amines is 1. The van der Waals surface area contributed by atoms with Gasteiger partial charge in [-0.05, 0) is 24.3 Å². The van der Waals surface area contributed by atoms with Crippen molar-refractivity contribution in [1.29, 1.82) is 0 Å². The first-order valence-corrected chi connectivity index (χ1v) is 9.82. The second-order valence-electron chi connectivity index (χ2n) is 5.78. The second kappa shape index (κ2) is 9.18. The van der Waals surface area contributed by atoms with Crippen LogP contribution >= 0.6 is 23.5 Å². The van der Waals surface area contributed by atoms with Gasteiger partial charge in [-0.15, -0.1) is 0 Å². The molecule has 26 heavy (non-hydrogen) atoms. The molecule has 2 rings (SSSR count). The molecule has 1 heterocycles. The third kappa shape index (κ3) is 6.14. The zero-order chi connectivity index (χ0) is 19.3. The summed E-state index contributed by atoms with van der Waals surface area (Å²) in [6.07, 6.45) is 0. The Balaban J connectivity index is 2.06. The smallest absolute Gasteiger partial charge is 0.251 e. The summed E-state index contributed by atoms with van der Waals surface area (Å²) in [6, 6.07) is 4.25. The molecule has 2 aromatic rings. The van der Waals surface area contributed by atoms with Crippen LogP contribution in [0.2, 0.25) is 0 Å². The maximum atomic E-state index is 13.6. The van der Waals surface area contributed by atoms with Crippen molar-refractivity contribution in [2.45, 2.75) is 42.2 Å². The zero-order valence-corrected chi connectivity index (χ0v) is 16.1. The maximum Gasteiger partial charge on any atom is 0.251 e. The molecule has 5 nitrogen and oxygen atoms in total. The number of hydrogen-bond acceptors (Lipinski definition) is 5. The molecule has 9 heteroatoms.